The Morgan fingerprint density at radius 2 is 2.06 bits per heavy atom. The van der Waals surface area contributed by atoms with Gasteiger partial charge in [0.2, 0.25) is 0 Å². The number of hydrogen-bond acceptors (Lipinski definition) is 2. The van der Waals surface area contributed by atoms with Crippen molar-refractivity contribution in [2.75, 3.05) is 11.1 Å². The van der Waals surface area contributed by atoms with Crippen molar-refractivity contribution in [3.05, 3.63) is 23.5 Å². The monoisotopic (exact) mass is 250 g/mol. The van der Waals surface area contributed by atoms with E-state index in [1.54, 1.807) is 6.92 Å². The van der Waals surface area contributed by atoms with Crippen molar-refractivity contribution in [3.8, 4) is 0 Å². The maximum atomic E-state index is 13.4. The summed E-state index contributed by atoms with van der Waals surface area (Å²) in [5.41, 5.74) is 8.17. The van der Waals surface area contributed by atoms with Gasteiger partial charge in [-0.15, -0.1) is 0 Å². The van der Waals surface area contributed by atoms with E-state index in [0.717, 1.165) is 12.1 Å². The molecule has 1 aromatic carbocycles. The third-order valence-corrected chi connectivity index (χ3v) is 4.17. The van der Waals surface area contributed by atoms with Gasteiger partial charge in [0.15, 0.2) is 0 Å². The van der Waals surface area contributed by atoms with Gasteiger partial charge in [0.05, 0.1) is 11.4 Å². The Labute approximate surface area is 109 Å². The van der Waals surface area contributed by atoms with E-state index in [1.807, 2.05) is 6.07 Å². The lowest BCUT2D eigenvalue weighted by Crippen LogP contribution is -2.39. The predicted octanol–water partition coefficient (Wildman–Crippen LogP) is 4.10. The van der Waals surface area contributed by atoms with Crippen molar-refractivity contribution in [1.29, 1.82) is 0 Å². The highest BCUT2D eigenvalue weighted by molar-refractivity contribution is 5.67. The molecule has 1 saturated carbocycles. The summed E-state index contributed by atoms with van der Waals surface area (Å²) in [5, 5.41) is 3.52. The number of anilines is 2. The number of aryl methyl sites for hydroxylation is 1. The van der Waals surface area contributed by atoms with Crippen LogP contribution in [0.3, 0.4) is 0 Å². The van der Waals surface area contributed by atoms with E-state index in [0.29, 0.717) is 17.3 Å². The molecule has 0 spiro atoms. The Kier molecular flexibility index (Phi) is 3.51. The second kappa shape index (κ2) is 4.79. The molecule has 0 aromatic heterocycles. The standard InChI is InChI=1S/C15H23FN2/c1-10-8-13(12(17)9-11(10)16)18-14-6-4-5-7-15(14,2)3/h8-9,14,18H,4-7,17H2,1-3H3. The van der Waals surface area contributed by atoms with Crippen LogP contribution in [-0.2, 0) is 0 Å². The molecule has 1 unspecified atom stereocenters. The highest BCUT2D eigenvalue weighted by atomic mass is 19.1. The molecule has 1 fully saturated rings. The smallest absolute Gasteiger partial charge is 0.128 e. The van der Waals surface area contributed by atoms with Crippen molar-refractivity contribution in [2.45, 2.75) is 52.5 Å². The van der Waals surface area contributed by atoms with Crippen LogP contribution < -0.4 is 11.1 Å². The first-order chi connectivity index (χ1) is 8.40. The first-order valence-corrected chi connectivity index (χ1v) is 6.72. The molecule has 100 valence electrons. The number of hydrogen-bond donors (Lipinski definition) is 2. The maximum Gasteiger partial charge on any atom is 0.128 e. The number of rotatable bonds is 2. The van der Waals surface area contributed by atoms with Gasteiger partial charge in [0.1, 0.15) is 5.82 Å². The van der Waals surface area contributed by atoms with E-state index in [9.17, 15) is 4.39 Å². The van der Waals surface area contributed by atoms with Crippen LogP contribution in [0.4, 0.5) is 15.8 Å². The molecule has 0 bridgehead atoms. The highest BCUT2D eigenvalue weighted by Gasteiger charge is 2.32. The van der Waals surface area contributed by atoms with Crippen molar-refractivity contribution in [1.82, 2.24) is 0 Å². The second-order valence-corrected chi connectivity index (χ2v) is 6.12. The molecule has 1 aromatic rings. The number of nitrogen functional groups attached to an aromatic ring is 1. The van der Waals surface area contributed by atoms with Crippen LogP contribution in [0.5, 0.6) is 0 Å². The Morgan fingerprint density at radius 1 is 1.33 bits per heavy atom. The minimum Gasteiger partial charge on any atom is -0.397 e. The third-order valence-electron chi connectivity index (χ3n) is 4.17. The van der Waals surface area contributed by atoms with Gasteiger partial charge >= 0.3 is 0 Å². The average molecular weight is 250 g/mol. The van der Waals surface area contributed by atoms with E-state index in [1.165, 1.54) is 25.3 Å². The zero-order valence-corrected chi connectivity index (χ0v) is 11.5. The number of nitrogens with one attached hydrogen (secondary N) is 1. The van der Waals surface area contributed by atoms with Gasteiger partial charge in [-0.2, -0.15) is 0 Å². The van der Waals surface area contributed by atoms with Crippen LogP contribution in [0.1, 0.15) is 45.1 Å². The SMILES string of the molecule is Cc1cc(NC2CCCCC2(C)C)c(N)cc1F. The Bertz CT molecular complexity index is 440. The van der Waals surface area contributed by atoms with Crippen LogP contribution in [0, 0.1) is 18.2 Å². The lowest BCUT2D eigenvalue weighted by atomic mass is 9.73. The van der Waals surface area contributed by atoms with Crippen molar-refractivity contribution in [2.24, 2.45) is 5.41 Å². The molecule has 1 aliphatic rings. The molecule has 0 radical (unpaired) electrons. The van der Waals surface area contributed by atoms with Crippen LogP contribution >= 0.6 is 0 Å². The van der Waals surface area contributed by atoms with E-state index < -0.39 is 0 Å². The Morgan fingerprint density at radius 3 is 2.72 bits per heavy atom. The molecule has 3 heteroatoms. The van der Waals surface area contributed by atoms with Crippen molar-refractivity contribution < 1.29 is 4.39 Å². The summed E-state index contributed by atoms with van der Waals surface area (Å²) in [6.45, 7) is 6.35. The quantitative estimate of drug-likeness (QED) is 0.776. The fourth-order valence-electron chi connectivity index (χ4n) is 2.77. The summed E-state index contributed by atoms with van der Waals surface area (Å²) in [6, 6.07) is 3.64. The molecule has 1 aliphatic carbocycles. The van der Waals surface area contributed by atoms with E-state index >= 15 is 0 Å². The summed E-state index contributed by atoms with van der Waals surface area (Å²) >= 11 is 0. The molecular weight excluding hydrogens is 227 g/mol. The first-order valence-electron chi connectivity index (χ1n) is 6.72. The van der Waals surface area contributed by atoms with Gasteiger partial charge in [-0.05, 0) is 42.9 Å². The topological polar surface area (TPSA) is 38.0 Å². The summed E-state index contributed by atoms with van der Waals surface area (Å²) in [5.74, 6) is -0.235. The lowest BCUT2D eigenvalue weighted by Gasteiger charge is -2.40. The van der Waals surface area contributed by atoms with Crippen molar-refractivity contribution in [3.63, 3.8) is 0 Å². The van der Waals surface area contributed by atoms with E-state index in [-0.39, 0.29) is 11.2 Å². The molecule has 0 amide bonds. The Balaban J connectivity index is 2.20. The first kappa shape index (κ1) is 13.2. The van der Waals surface area contributed by atoms with Gasteiger partial charge in [-0.1, -0.05) is 26.7 Å². The van der Waals surface area contributed by atoms with Crippen LogP contribution in [-0.4, -0.2) is 6.04 Å². The fourth-order valence-corrected chi connectivity index (χ4v) is 2.77. The molecule has 0 heterocycles. The number of nitrogens with two attached hydrogens (primary N) is 1. The van der Waals surface area contributed by atoms with Gasteiger partial charge in [-0.3, -0.25) is 0 Å². The van der Waals surface area contributed by atoms with Gasteiger partial charge in [-0.25, -0.2) is 4.39 Å². The normalized spacial score (nSPS) is 22.8. The molecule has 0 aliphatic heterocycles. The van der Waals surface area contributed by atoms with Crippen LogP contribution in [0.2, 0.25) is 0 Å². The summed E-state index contributed by atoms with van der Waals surface area (Å²) in [6.07, 6.45) is 4.93. The van der Waals surface area contributed by atoms with E-state index in [2.05, 4.69) is 19.2 Å². The van der Waals surface area contributed by atoms with Crippen molar-refractivity contribution >= 4 is 11.4 Å². The number of benzene rings is 1. The summed E-state index contributed by atoms with van der Waals surface area (Å²) < 4.78 is 13.4. The zero-order chi connectivity index (χ0) is 13.3. The van der Waals surface area contributed by atoms with Crippen LogP contribution in [0.25, 0.3) is 0 Å². The molecule has 2 rings (SSSR count). The maximum absolute atomic E-state index is 13.4. The summed E-state index contributed by atoms with van der Waals surface area (Å²) in [4.78, 5) is 0. The van der Waals surface area contributed by atoms with Gasteiger partial charge in [0, 0.05) is 6.04 Å². The summed E-state index contributed by atoms with van der Waals surface area (Å²) in [7, 11) is 0. The predicted molar refractivity (Wildman–Crippen MR) is 75.2 cm³/mol. The van der Waals surface area contributed by atoms with Gasteiger partial charge in [0.25, 0.3) is 0 Å². The molecule has 0 saturated heterocycles. The molecule has 1 atom stereocenters. The number of halogens is 1. The molecule has 3 N–H and O–H groups in total. The zero-order valence-electron chi connectivity index (χ0n) is 11.5. The minimum absolute atomic E-state index is 0.235. The van der Waals surface area contributed by atoms with Crippen LogP contribution in [0.15, 0.2) is 12.1 Å². The highest BCUT2D eigenvalue weighted by Crippen LogP contribution is 2.38. The third kappa shape index (κ3) is 2.60. The molecular formula is C15H23FN2. The second-order valence-electron chi connectivity index (χ2n) is 6.12. The average Bonchev–Trinajstić information content (AvgIpc) is 2.28. The largest absolute Gasteiger partial charge is 0.397 e. The minimum atomic E-state index is -0.235. The van der Waals surface area contributed by atoms with E-state index in [4.69, 9.17) is 5.73 Å². The lowest BCUT2D eigenvalue weighted by molar-refractivity contribution is 0.217. The van der Waals surface area contributed by atoms with Gasteiger partial charge < -0.3 is 11.1 Å². The molecule has 18 heavy (non-hydrogen) atoms. The fraction of sp³-hybridized carbons (Fsp3) is 0.600. The molecule has 2 nitrogen and oxygen atoms in total. The Hall–Kier alpha value is -1.25.